The van der Waals surface area contributed by atoms with E-state index in [1.54, 1.807) is 0 Å². The van der Waals surface area contributed by atoms with Gasteiger partial charge in [0.05, 0.1) is 17.7 Å². The summed E-state index contributed by atoms with van der Waals surface area (Å²) in [4.78, 5) is 34.4. The first kappa shape index (κ1) is 15.4. The van der Waals surface area contributed by atoms with E-state index in [-0.39, 0.29) is 12.3 Å². The highest BCUT2D eigenvalue weighted by atomic mass is 19.3. The molecule has 8 nitrogen and oxygen atoms in total. The van der Waals surface area contributed by atoms with Gasteiger partial charge >= 0.3 is 23.5 Å². The molecule has 22 heavy (non-hydrogen) atoms. The van der Waals surface area contributed by atoms with Gasteiger partial charge in [-0.15, -0.1) is 0 Å². The minimum Gasteiger partial charge on any atom is -0.435 e. The van der Waals surface area contributed by atoms with Gasteiger partial charge in [0.2, 0.25) is 0 Å². The first-order valence-corrected chi connectivity index (χ1v) is 5.88. The number of nitrogens with one attached hydrogen (secondary N) is 1. The molecule has 116 valence electrons. The zero-order valence-corrected chi connectivity index (χ0v) is 10.9. The zero-order chi connectivity index (χ0) is 16.3. The summed E-state index contributed by atoms with van der Waals surface area (Å²) in [6.45, 7) is -3.03. The molecule has 0 atom stereocenters. The average Bonchev–Trinajstić information content (AvgIpc) is 2.42. The Labute approximate surface area is 120 Å². The standard InChI is InChI=1S/C12H9F2N3O5/c13-11(14)22-8-3-1-7(2-4-8)5-16-6-9(17(20)21)10(18)15-12(16)19/h1-4,6,11H,5H2,(H,15,18,19). The van der Waals surface area contributed by atoms with E-state index in [0.29, 0.717) is 5.56 Å². The van der Waals surface area contributed by atoms with Gasteiger partial charge in [-0.3, -0.25) is 24.5 Å². The molecule has 2 aromatic rings. The lowest BCUT2D eigenvalue weighted by Crippen LogP contribution is -2.31. The lowest BCUT2D eigenvalue weighted by Gasteiger charge is -2.07. The fourth-order valence-electron chi connectivity index (χ4n) is 1.72. The van der Waals surface area contributed by atoms with Crippen molar-refractivity contribution < 1.29 is 18.4 Å². The summed E-state index contributed by atoms with van der Waals surface area (Å²) in [6.07, 6.45) is 0.824. The number of aromatic amines is 1. The summed E-state index contributed by atoms with van der Waals surface area (Å²) in [5, 5.41) is 10.7. The van der Waals surface area contributed by atoms with E-state index in [0.717, 1.165) is 10.8 Å². The van der Waals surface area contributed by atoms with Crippen LogP contribution in [0.3, 0.4) is 0 Å². The maximum Gasteiger partial charge on any atom is 0.387 e. The van der Waals surface area contributed by atoms with Crippen LogP contribution in [0, 0.1) is 10.1 Å². The molecule has 0 fully saturated rings. The van der Waals surface area contributed by atoms with Crippen LogP contribution in [0.25, 0.3) is 0 Å². The van der Waals surface area contributed by atoms with Gasteiger partial charge in [0.1, 0.15) is 5.75 Å². The number of alkyl halides is 2. The van der Waals surface area contributed by atoms with Crippen molar-refractivity contribution in [3.05, 3.63) is 67.0 Å². The third kappa shape index (κ3) is 3.53. The van der Waals surface area contributed by atoms with Crippen LogP contribution in [0.4, 0.5) is 14.5 Å². The van der Waals surface area contributed by atoms with E-state index in [1.807, 2.05) is 4.98 Å². The third-order valence-corrected chi connectivity index (χ3v) is 2.69. The quantitative estimate of drug-likeness (QED) is 0.657. The van der Waals surface area contributed by atoms with Gasteiger partial charge in [-0.2, -0.15) is 8.78 Å². The van der Waals surface area contributed by atoms with Crippen molar-refractivity contribution in [3.63, 3.8) is 0 Å². The molecule has 0 aliphatic carbocycles. The van der Waals surface area contributed by atoms with Crippen LogP contribution in [-0.2, 0) is 6.54 Å². The monoisotopic (exact) mass is 313 g/mol. The van der Waals surface area contributed by atoms with Crippen molar-refractivity contribution in [2.45, 2.75) is 13.2 Å². The Morgan fingerprint density at radius 1 is 1.27 bits per heavy atom. The first-order valence-electron chi connectivity index (χ1n) is 5.88. The summed E-state index contributed by atoms with van der Waals surface area (Å²) < 4.78 is 29.1. The fourth-order valence-corrected chi connectivity index (χ4v) is 1.72. The molecule has 2 rings (SSSR count). The van der Waals surface area contributed by atoms with Gasteiger partial charge in [0.25, 0.3) is 0 Å². The smallest absolute Gasteiger partial charge is 0.387 e. The number of aromatic nitrogens is 2. The molecule has 1 N–H and O–H groups in total. The van der Waals surface area contributed by atoms with Gasteiger partial charge in [0.15, 0.2) is 0 Å². The zero-order valence-electron chi connectivity index (χ0n) is 10.9. The number of hydrogen-bond acceptors (Lipinski definition) is 5. The Hall–Kier alpha value is -3.04. The number of nitro groups is 1. The number of halogens is 2. The number of nitrogens with zero attached hydrogens (tertiary/aromatic N) is 2. The number of ether oxygens (including phenoxy) is 1. The maximum absolute atomic E-state index is 12.0. The third-order valence-electron chi connectivity index (χ3n) is 2.69. The van der Waals surface area contributed by atoms with E-state index < -0.39 is 28.5 Å². The molecule has 10 heteroatoms. The van der Waals surface area contributed by atoms with E-state index in [4.69, 9.17) is 0 Å². The second-order valence-electron chi connectivity index (χ2n) is 4.18. The molecule has 0 amide bonds. The first-order chi connectivity index (χ1) is 10.4. The predicted molar refractivity (Wildman–Crippen MR) is 70.2 cm³/mol. The van der Waals surface area contributed by atoms with E-state index in [2.05, 4.69) is 4.74 Å². The highest BCUT2D eigenvalue weighted by molar-refractivity contribution is 5.28. The molecule has 0 saturated carbocycles. The van der Waals surface area contributed by atoms with Gasteiger partial charge in [-0.1, -0.05) is 12.1 Å². The van der Waals surface area contributed by atoms with E-state index in [9.17, 15) is 28.5 Å². The molecule has 0 radical (unpaired) electrons. The highest BCUT2D eigenvalue weighted by Gasteiger charge is 2.15. The minimum atomic E-state index is -2.95. The predicted octanol–water partition coefficient (Wildman–Crippen LogP) is 1.09. The Balaban J connectivity index is 2.27. The number of hydrogen-bond donors (Lipinski definition) is 1. The molecule has 1 aromatic carbocycles. The minimum absolute atomic E-state index is 0.0569. The lowest BCUT2D eigenvalue weighted by molar-refractivity contribution is -0.386. The van der Waals surface area contributed by atoms with Crippen molar-refractivity contribution in [1.82, 2.24) is 9.55 Å². The van der Waals surface area contributed by atoms with Gasteiger partial charge in [0, 0.05) is 0 Å². The Morgan fingerprint density at radius 3 is 2.45 bits per heavy atom. The largest absolute Gasteiger partial charge is 0.435 e. The van der Waals surface area contributed by atoms with Crippen LogP contribution < -0.4 is 16.0 Å². The van der Waals surface area contributed by atoms with Crippen LogP contribution >= 0.6 is 0 Å². The average molecular weight is 313 g/mol. The molecule has 1 heterocycles. The second kappa shape index (κ2) is 6.16. The molecule has 0 saturated heterocycles. The molecule has 0 aliphatic heterocycles. The van der Waals surface area contributed by atoms with E-state index in [1.165, 1.54) is 24.3 Å². The van der Waals surface area contributed by atoms with Crippen molar-refractivity contribution in [1.29, 1.82) is 0 Å². The van der Waals surface area contributed by atoms with Crippen LogP contribution in [0.15, 0.2) is 40.1 Å². The maximum atomic E-state index is 12.0. The van der Waals surface area contributed by atoms with Crippen molar-refractivity contribution >= 4 is 5.69 Å². The van der Waals surface area contributed by atoms with Crippen LogP contribution in [-0.4, -0.2) is 21.1 Å². The van der Waals surface area contributed by atoms with Crippen molar-refractivity contribution in [2.75, 3.05) is 0 Å². The van der Waals surface area contributed by atoms with Gasteiger partial charge in [-0.25, -0.2) is 4.79 Å². The Bertz CT molecular complexity index is 798. The van der Waals surface area contributed by atoms with E-state index >= 15 is 0 Å². The molecule has 0 aliphatic rings. The summed E-state index contributed by atoms with van der Waals surface area (Å²) in [5.74, 6) is -0.0569. The molecule has 0 unspecified atom stereocenters. The number of rotatable bonds is 5. The summed E-state index contributed by atoms with van der Waals surface area (Å²) in [7, 11) is 0. The van der Waals surface area contributed by atoms with Crippen LogP contribution in [0.1, 0.15) is 5.56 Å². The molecule has 0 spiro atoms. The molecule has 0 bridgehead atoms. The fraction of sp³-hybridized carbons (Fsp3) is 0.167. The van der Waals surface area contributed by atoms with Gasteiger partial charge in [-0.05, 0) is 17.7 Å². The lowest BCUT2D eigenvalue weighted by atomic mass is 10.2. The Kier molecular flexibility index (Phi) is 4.30. The molecular formula is C12H9F2N3O5. The number of H-pyrrole nitrogens is 1. The summed E-state index contributed by atoms with van der Waals surface area (Å²) in [5.41, 5.74) is -2.17. The second-order valence-corrected chi connectivity index (χ2v) is 4.18. The van der Waals surface area contributed by atoms with Crippen molar-refractivity contribution in [3.8, 4) is 5.75 Å². The highest BCUT2D eigenvalue weighted by Crippen LogP contribution is 2.15. The van der Waals surface area contributed by atoms with Gasteiger partial charge < -0.3 is 4.74 Å². The summed E-state index contributed by atoms with van der Waals surface area (Å²) in [6, 6.07) is 5.38. The SMILES string of the molecule is O=c1[nH]c(=O)n(Cc2ccc(OC(F)F)cc2)cc1[N+](=O)[O-]. The topological polar surface area (TPSA) is 107 Å². The van der Waals surface area contributed by atoms with Crippen LogP contribution in [0.5, 0.6) is 5.75 Å². The normalized spacial score (nSPS) is 10.7. The Morgan fingerprint density at radius 2 is 1.91 bits per heavy atom. The molecular weight excluding hydrogens is 304 g/mol. The van der Waals surface area contributed by atoms with Crippen molar-refractivity contribution in [2.24, 2.45) is 0 Å². The molecule has 1 aromatic heterocycles. The van der Waals surface area contributed by atoms with Crippen LogP contribution in [0.2, 0.25) is 0 Å². The number of benzene rings is 1. The summed E-state index contributed by atoms with van der Waals surface area (Å²) >= 11 is 0.